The monoisotopic (exact) mass is 456 g/mol. The number of hydrogen-bond acceptors (Lipinski definition) is 3. The first-order valence-electron chi connectivity index (χ1n) is 10.2. The molecule has 170 valence electrons. The highest BCUT2D eigenvalue weighted by Crippen LogP contribution is 2.36. The number of hydrogen-bond donors (Lipinski definition) is 1. The van der Waals surface area contributed by atoms with Crippen LogP contribution in [0.4, 0.5) is 13.2 Å². The van der Waals surface area contributed by atoms with Crippen molar-refractivity contribution in [2.75, 3.05) is 20.3 Å². The van der Waals surface area contributed by atoms with E-state index in [0.29, 0.717) is 31.1 Å². The Bertz CT molecular complexity index is 1050. The van der Waals surface area contributed by atoms with Gasteiger partial charge in [0.15, 0.2) is 5.69 Å². The maximum atomic E-state index is 13.9. The van der Waals surface area contributed by atoms with Crippen LogP contribution in [0.2, 0.25) is 5.15 Å². The molecule has 1 atom stereocenters. The number of ether oxygens (including phenoxy) is 1. The van der Waals surface area contributed by atoms with Gasteiger partial charge in [-0.3, -0.25) is 8.97 Å². The van der Waals surface area contributed by atoms with Gasteiger partial charge in [-0.05, 0) is 63.6 Å². The molecule has 2 N–H and O–H groups in total. The highest BCUT2D eigenvalue weighted by atomic mass is 35.5. The summed E-state index contributed by atoms with van der Waals surface area (Å²) in [6.45, 7) is 6.65. The predicted molar refractivity (Wildman–Crippen MR) is 116 cm³/mol. The molecule has 0 aliphatic carbocycles. The first-order valence-corrected chi connectivity index (χ1v) is 10.6. The van der Waals surface area contributed by atoms with E-state index in [-0.39, 0.29) is 23.8 Å². The van der Waals surface area contributed by atoms with Crippen molar-refractivity contribution in [3.63, 3.8) is 0 Å². The van der Waals surface area contributed by atoms with Crippen LogP contribution in [0.3, 0.4) is 0 Å². The lowest BCUT2D eigenvalue weighted by molar-refractivity contribution is -0.141. The molecule has 0 saturated carbocycles. The van der Waals surface area contributed by atoms with Crippen LogP contribution in [0.15, 0.2) is 18.3 Å². The predicted octanol–water partition coefficient (Wildman–Crippen LogP) is 5.27. The lowest BCUT2D eigenvalue weighted by Crippen LogP contribution is -2.17. The molecule has 2 heterocycles. The van der Waals surface area contributed by atoms with Crippen molar-refractivity contribution in [3.05, 3.63) is 51.6 Å². The average Bonchev–Trinajstić information content (AvgIpc) is 3.15. The van der Waals surface area contributed by atoms with Crippen LogP contribution in [0, 0.1) is 26.7 Å². The minimum Gasteiger partial charge on any atom is -0.385 e. The summed E-state index contributed by atoms with van der Waals surface area (Å²) in [5.41, 5.74) is 8.56. The van der Waals surface area contributed by atoms with Gasteiger partial charge in [0.25, 0.3) is 0 Å². The van der Waals surface area contributed by atoms with Crippen molar-refractivity contribution >= 4 is 17.4 Å². The number of nitrogens with two attached hydrogens (primary N) is 1. The highest BCUT2D eigenvalue weighted by Gasteiger charge is 2.39. The summed E-state index contributed by atoms with van der Waals surface area (Å²) >= 11 is 6.53. The zero-order valence-electron chi connectivity index (χ0n) is 18.2. The second-order valence-electron chi connectivity index (χ2n) is 8.04. The molecule has 1 unspecified atom stereocenters. The molecule has 0 spiro atoms. The van der Waals surface area contributed by atoms with Crippen molar-refractivity contribution in [3.8, 4) is 5.69 Å². The molecule has 0 amide bonds. The Kier molecular flexibility index (Phi) is 7.03. The SMILES string of the molecule is COCCC(CCN)Cc1c(C(F)(F)F)nc2n(-c3c(C)cc(C)cc3C)c(Cl)cn12. The van der Waals surface area contributed by atoms with Gasteiger partial charge in [-0.25, -0.2) is 4.98 Å². The van der Waals surface area contributed by atoms with E-state index in [1.54, 1.807) is 11.7 Å². The Balaban J connectivity index is 2.21. The van der Waals surface area contributed by atoms with Crippen molar-refractivity contribution < 1.29 is 17.9 Å². The maximum absolute atomic E-state index is 13.9. The molecule has 5 nitrogen and oxygen atoms in total. The van der Waals surface area contributed by atoms with Crippen molar-refractivity contribution in [1.29, 1.82) is 0 Å². The molecule has 0 saturated heterocycles. The third kappa shape index (κ3) is 4.76. The van der Waals surface area contributed by atoms with Gasteiger partial charge in [-0.2, -0.15) is 13.2 Å². The fourth-order valence-electron chi connectivity index (χ4n) is 4.30. The molecule has 0 aliphatic heterocycles. The smallest absolute Gasteiger partial charge is 0.385 e. The number of alkyl halides is 3. The van der Waals surface area contributed by atoms with Gasteiger partial charge in [-0.1, -0.05) is 29.3 Å². The molecule has 0 bridgehead atoms. The second kappa shape index (κ2) is 9.22. The molecular weight excluding hydrogens is 429 g/mol. The molecule has 0 fully saturated rings. The molecule has 9 heteroatoms. The summed E-state index contributed by atoms with van der Waals surface area (Å²) in [5, 5.41) is 0.305. The summed E-state index contributed by atoms with van der Waals surface area (Å²) in [6.07, 6.45) is -1.67. The van der Waals surface area contributed by atoms with E-state index in [9.17, 15) is 13.2 Å². The quantitative estimate of drug-likeness (QED) is 0.502. The van der Waals surface area contributed by atoms with Crippen LogP contribution in [0.5, 0.6) is 0 Å². The second-order valence-corrected chi connectivity index (χ2v) is 8.43. The Hall–Kier alpha value is -2.03. The van der Waals surface area contributed by atoms with Gasteiger partial charge in [-0.15, -0.1) is 0 Å². The first-order chi connectivity index (χ1) is 14.6. The molecule has 0 radical (unpaired) electrons. The van der Waals surface area contributed by atoms with E-state index >= 15 is 0 Å². The van der Waals surface area contributed by atoms with Crippen LogP contribution in [-0.4, -0.2) is 34.2 Å². The van der Waals surface area contributed by atoms with Crippen LogP contribution < -0.4 is 5.73 Å². The van der Waals surface area contributed by atoms with Crippen molar-refractivity contribution in [2.45, 2.75) is 46.2 Å². The zero-order valence-corrected chi connectivity index (χ0v) is 18.9. The summed E-state index contributed by atoms with van der Waals surface area (Å²) in [4.78, 5) is 4.03. The van der Waals surface area contributed by atoms with Crippen LogP contribution in [0.1, 0.15) is 40.9 Å². The first kappa shape index (κ1) is 23.6. The normalized spacial score (nSPS) is 13.3. The number of imidazole rings is 2. The average molecular weight is 457 g/mol. The minimum atomic E-state index is -4.58. The molecule has 1 aromatic carbocycles. The van der Waals surface area contributed by atoms with Gasteiger partial charge in [0.05, 0.1) is 11.4 Å². The maximum Gasteiger partial charge on any atom is 0.435 e. The minimum absolute atomic E-state index is 0.0593. The number of aromatic nitrogens is 3. The van der Waals surface area contributed by atoms with E-state index in [0.717, 1.165) is 22.4 Å². The lowest BCUT2D eigenvalue weighted by Gasteiger charge is -2.16. The largest absolute Gasteiger partial charge is 0.435 e. The fraction of sp³-hybridized carbons (Fsp3) is 0.500. The molecule has 0 aliphatic rings. The summed E-state index contributed by atoms with van der Waals surface area (Å²) < 4.78 is 50.0. The van der Waals surface area contributed by atoms with Crippen molar-refractivity contribution in [1.82, 2.24) is 14.0 Å². The Morgan fingerprint density at radius 1 is 1.16 bits per heavy atom. The lowest BCUT2D eigenvalue weighted by atomic mass is 9.95. The van der Waals surface area contributed by atoms with Gasteiger partial charge >= 0.3 is 6.18 Å². The topological polar surface area (TPSA) is 57.5 Å². The molecule has 31 heavy (non-hydrogen) atoms. The number of rotatable bonds is 8. The van der Waals surface area contributed by atoms with Crippen LogP contribution in [0.25, 0.3) is 11.5 Å². The molecule has 3 aromatic rings. The van der Waals surface area contributed by atoms with Gasteiger partial charge in [0.2, 0.25) is 5.78 Å². The van der Waals surface area contributed by atoms with E-state index in [4.69, 9.17) is 22.1 Å². The highest BCUT2D eigenvalue weighted by molar-refractivity contribution is 6.30. The number of methoxy groups -OCH3 is 1. The van der Waals surface area contributed by atoms with Crippen molar-refractivity contribution in [2.24, 2.45) is 11.7 Å². The van der Waals surface area contributed by atoms with Gasteiger partial charge < -0.3 is 10.5 Å². The van der Waals surface area contributed by atoms with Gasteiger partial charge in [0, 0.05) is 19.9 Å². The number of fused-ring (bicyclic) bond motifs is 1. The van der Waals surface area contributed by atoms with E-state index < -0.39 is 11.9 Å². The zero-order chi connectivity index (χ0) is 22.9. The van der Waals surface area contributed by atoms with E-state index in [1.807, 2.05) is 32.9 Å². The fourth-order valence-corrected chi connectivity index (χ4v) is 4.56. The Labute approximate surface area is 185 Å². The van der Waals surface area contributed by atoms with Crippen LogP contribution in [-0.2, 0) is 17.3 Å². The number of nitrogens with zero attached hydrogens (tertiary/aromatic N) is 3. The Morgan fingerprint density at radius 3 is 2.35 bits per heavy atom. The Morgan fingerprint density at radius 2 is 1.81 bits per heavy atom. The summed E-state index contributed by atoms with van der Waals surface area (Å²) in [6, 6.07) is 3.96. The summed E-state index contributed by atoms with van der Waals surface area (Å²) in [7, 11) is 1.57. The van der Waals surface area contributed by atoms with Crippen LogP contribution >= 0.6 is 11.6 Å². The van der Waals surface area contributed by atoms with Gasteiger partial charge in [0.1, 0.15) is 5.15 Å². The summed E-state index contributed by atoms with van der Waals surface area (Å²) in [5.74, 6) is 0.0940. The molecule has 2 aromatic heterocycles. The number of benzene rings is 1. The number of halogens is 4. The number of aryl methyl sites for hydroxylation is 3. The molecular formula is C22H28ClF3N4O. The third-order valence-corrected chi connectivity index (χ3v) is 5.82. The van der Waals surface area contributed by atoms with E-state index in [2.05, 4.69) is 4.98 Å². The standard InChI is InChI=1S/C22H28ClF3N4O/c1-13-9-14(2)19(15(3)10-13)30-18(23)12-29-17(11-16(5-7-27)6-8-31-4)20(22(24,25)26)28-21(29)30/h9-10,12,16H,5-8,11,27H2,1-4H3. The third-order valence-electron chi connectivity index (χ3n) is 5.56. The van der Waals surface area contributed by atoms with E-state index in [1.165, 1.54) is 10.6 Å². The molecule has 3 rings (SSSR count).